The second-order valence-electron chi connectivity index (χ2n) is 6.61. The smallest absolute Gasteiger partial charge is 0.469 e. The summed E-state index contributed by atoms with van der Waals surface area (Å²) in [4.78, 5) is 11.5. The van der Waals surface area contributed by atoms with E-state index in [9.17, 15) is 9.18 Å². The van der Waals surface area contributed by atoms with Gasteiger partial charge in [0.25, 0.3) is 0 Å². The molecule has 1 fully saturated rings. The van der Waals surface area contributed by atoms with Gasteiger partial charge < -0.3 is 14.0 Å². The number of methoxy groups -OCH3 is 1. The van der Waals surface area contributed by atoms with Crippen molar-refractivity contribution in [3.05, 3.63) is 29.6 Å². The zero-order valence-corrected chi connectivity index (χ0v) is 13.9. The van der Waals surface area contributed by atoms with Crippen molar-refractivity contribution < 1.29 is 23.2 Å². The maximum Gasteiger partial charge on any atom is 0.497 e. The maximum atomic E-state index is 14.4. The quantitative estimate of drug-likeness (QED) is 0.635. The fraction of sp³-hybridized carbons (Fsp3) is 0.562. The summed E-state index contributed by atoms with van der Waals surface area (Å²) in [5.74, 6) is -1.37. The summed E-state index contributed by atoms with van der Waals surface area (Å²) in [5, 5.41) is 0. The number of hydrogen-bond acceptors (Lipinski definition) is 4. The van der Waals surface area contributed by atoms with Crippen LogP contribution in [0.5, 0.6) is 0 Å². The van der Waals surface area contributed by atoms with Crippen LogP contribution in [0.4, 0.5) is 4.39 Å². The topological polar surface area (TPSA) is 44.8 Å². The van der Waals surface area contributed by atoms with Crippen LogP contribution in [0, 0.1) is 5.82 Å². The van der Waals surface area contributed by atoms with Gasteiger partial charge in [-0.3, -0.25) is 4.79 Å². The van der Waals surface area contributed by atoms with Crippen LogP contribution in [0.3, 0.4) is 0 Å². The van der Waals surface area contributed by atoms with Crippen LogP contribution in [0.25, 0.3) is 0 Å². The van der Waals surface area contributed by atoms with Crippen molar-refractivity contribution in [3.8, 4) is 0 Å². The normalized spacial score (nSPS) is 20.8. The second kappa shape index (κ2) is 5.67. The summed E-state index contributed by atoms with van der Waals surface area (Å²) in [6, 6.07) is 4.64. The van der Waals surface area contributed by atoms with Gasteiger partial charge in [-0.1, -0.05) is 12.1 Å². The molecule has 120 valence electrons. The third-order valence-corrected chi connectivity index (χ3v) is 4.59. The van der Waals surface area contributed by atoms with Crippen molar-refractivity contribution in [1.82, 2.24) is 0 Å². The minimum atomic E-state index is -0.757. The first-order valence-electron chi connectivity index (χ1n) is 7.32. The number of esters is 1. The van der Waals surface area contributed by atoms with Crippen LogP contribution in [0.2, 0.25) is 0 Å². The lowest BCUT2D eigenvalue weighted by molar-refractivity contribution is -0.141. The summed E-state index contributed by atoms with van der Waals surface area (Å²) in [7, 11) is 0.556. The van der Waals surface area contributed by atoms with E-state index in [4.69, 9.17) is 9.31 Å². The molecule has 1 aliphatic rings. The molecule has 0 N–H and O–H groups in total. The molecule has 1 aromatic carbocycles. The Hall–Kier alpha value is -1.40. The van der Waals surface area contributed by atoms with Gasteiger partial charge >= 0.3 is 13.1 Å². The number of halogens is 1. The molecule has 0 radical (unpaired) electrons. The predicted octanol–water partition coefficient (Wildman–Crippen LogP) is 2.40. The molecular weight excluding hydrogens is 286 g/mol. The Morgan fingerprint density at radius 1 is 1.23 bits per heavy atom. The van der Waals surface area contributed by atoms with Crippen LogP contribution >= 0.6 is 0 Å². The molecule has 1 aliphatic heterocycles. The average Bonchev–Trinajstić information content (AvgIpc) is 2.65. The Balaban J connectivity index is 2.27. The standard InChI is InChI=1S/C16H22BFO4/c1-10(14(19)20-6)11-7-8-12(13(18)9-11)17-21-15(2,3)16(4,5)22-17/h7-10H,1-6H3. The molecule has 22 heavy (non-hydrogen) atoms. The molecule has 1 unspecified atom stereocenters. The molecular formula is C16H22BFO4. The van der Waals surface area contributed by atoms with Crippen LogP contribution in [-0.2, 0) is 18.8 Å². The summed E-state index contributed by atoms with van der Waals surface area (Å²) in [5.41, 5.74) is -0.159. The lowest BCUT2D eigenvalue weighted by Gasteiger charge is -2.32. The van der Waals surface area contributed by atoms with Gasteiger partial charge in [-0.25, -0.2) is 4.39 Å². The number of hydrogen-bond donors (Lipinski definition) is 0. The van der Waals surface area contributed by atoms with Gasteiger partial charge in [-0.05, 0) is 46.2 Å². The molecule has 0 bridgehead atoms. The van der Waals surface area contributed by atoms with E-state index in [1.165, 1.54) is 13.2 Å². The lowest BCUT2D eigenvalue weighted by Crippen LogP contribution is -2.41. The molecule has 0 amide bonds. The van der Waals surface area contributed by atoms with Gasteiger partial charge in [0, 0.05) is 5.46 Å². The zero-order valence-electron chi connectivity index (χ0n) is 13.9. The van der Waals surface area contributed by atoms with E-state index in [-0.39, 0.29) is 0 Å². The van der Waals surface area contributed by atoms with Crippen molar-refractivity contribution in [3.63, 3.8) is 0 Å². The molecule has 1 atom stereocenters. The van der Waals surface area contributed by atoms with Crippen molar-refractivity contribution in [2.24, 2.45) is 0 Å². The molecule has 2 rings (SSSR count). The molecule has 4 nitrogen and oxygen atoms in total. The van der Waals surface area contributed by atoms with Gasteiger partial charge in [0.1, 0.15) is 5.82 Å². The summed E-state index contributed by atoms with van der Waals surface area (Å²) >= 11 is 0. The highest BCUT2D eigenvalue weighted by Gasteiger charge is 2.52. The Morgan fingerprint density at radius 3 is 2.23 bits per heavy atom. The monoisotopic (exact) mass is 308 g/mol. The largest absolute Gasteiger partial charge is 0.497 e. The first kappa shape index (κ1) is 17.0. The van der Waals surface area contributed by atoms with Gasteiger partial charge in [-0.15, -0.1) is 0 Å². The highest BCUT2D eigenvalue weighted by Crippen LogP contribution is 2.36. The van der Waals surface area contributed by atoms with E-state index in [1.807, 2.05) is 27.7 Å². The number of rotatable bonds is 3. The Kier molecular flexibility index (Phi) is 4.37. The second-order valence-corrected chi connectivity index (χ2v) is 6.61. The van der Waals surface area contributed by atoms with E-state index in [1.54, 1.807) is 19.1 Å². The van der Waals surface area contributed by atoms with E-state index < -0.39 is 36.0 Å². The lowest BCUT2D eigenvalue weighted by atomic mass is 9.77. The first-order valence-corrected chi connectivity index (χ1v) is 7.32. The molecule has 0 saturated carbocycles. The van der Waals surface area contributed by atoms with E-state index in [2.05, 4.69) is 4.74 Å². The van der Waals surface area contributed by atoms with E-state index in [0.717, 1.165) is 0 Å². The van der Waals surface area contributed by atoms with Crippen molar-refractivity contribution in [1.29, 1.82) is 0 Å². The predicted molar refractivity (Wildman–Crippen MR) is 82.5 cm³/mol. The maximum absolute atomic E-state index is 14.4. The summed E-state index contributed by atoms with van der Waals surface area (Å²) < 4.78 is 30.8. The fourth-order valence-corrected chi connectivity index (χ4v) is 2.29. The van der Waals surface area contributed by atoms with Crippen LogP contribution in [0.15, 0.2) is 18.2 Å². The molecule has 0 aliphatic carbocycles. The van der Waals surface area contributed by atoms with Gasteiger partial charge in [0.2, 0.25) is 0 Å². The fourth-order valence-electron chi connectivity index (χ4n) is 2.29. The van der Waals surface area contributed by atoms with E-state index in [0.29, 0.717) is 11.0 Å². The molecule has 0 spiro atoms. The van der Waals surface area contributed by atoms with Crippen LogP contribution in [-0.4, -0.2) is 31.4 Å². The highest BCUT2D eigenvalue weighted by atomic mass is 19.1. The minimum absolute atomic E-state index is 0.333. The third-order valence-electron chi connectivity index (χ3n) is 4.59. The Morgan fingerprint density at radius 2 is 1.77 bits per heavy atom. The summed E-state index contributed by atoms with van der Waals surface area (Å²) in [6.07, 6.45) is 0. The first-order chi connectivity index (χ1) is 10.1. The van der Waals surface area contributed by atoms with Gasteiger partial charge in [0.15, 0.2) is 0 Å². The molecule has 1 aromatic rings. The average molecular weight is 308 g/mol. The number of carbonyl (C=O) groups excluding carboxylic acids is 1. The molecule has 6 heteroatoms. The molecule has 0 aromatic heterocycles. The number of carbonyl (C=O) groups is 1. The van der Waals surface area contributed by atoms with Crippen molar-refractivity contribution >= 4 is 18.6 Å². The highest BCUT2D eigenvalue weighted by molar-refractivity contribution is 6.62. The number of benzene rings is 1. The van der Waals surface area contributed by atoms with Crippen LogP contribution in [0.1, 0.15) is 46.1 Å². The minimum Gasteiger partial charge on any atom is -0.469 e. The Bertz CT molecular complexity index is 570. The zero-order chi connectivity index (χ0) is 16.7. The third kappa shape index (κ3) is 2.90. The van der Waals surface area contributed by atoms with E-state index >= 15 is 0 Å². The van der Waals surface area contributed by atoms with Crippen molar-refractivity contribution in [2.75, 3.05) is 7.11 Å². The summed E-state index contributed by atoms with van der Waals surface area (Å²) in [6.45, 7) is 9.34. The Labute approximate surface area is 131 Å². The molecule has 1 heterocycles. The van der Waals surface area contributed by atoms with Crippen molar-refractivity contribution in [2.45, 2.75) is 51.7 Å². The SMILES string of the molecule is COC(=O)C(C)c1ccc(B2OC(C)(C)C(C)(C)O2)c(F)c1. The van der Waals surface area contributed by atoms with Crippen LogP contribution < -0.4 is 5.46 Å². The number of ether oxygens (including phenoxy) is 1. The van der Waals surface area contributed by atoms with Gasteiger partial charge in [0.05, 0.1) is 24.2 Å². The van der Waals surface area contributed by atoms with Gasteiger partial charge in [-0.2, -0.15) is 0 Å². The molecule has 1 saturated heterocycles.